The van der Waals surface area contributed by atoms with E-state index >= 15 is 0 Å². The number of nitriles is 1. The molecule has 1 fully saturated rings. The summed E-state index contributed by atoms with van der Waals surface area (Å²) in [6, 6.07) is 7.41. The monoisotopic (exact) mass is 380 g/mol. The molecule has 0 saturated carbocycles. The maximum atomic E-state index is 13.0. The zero-order chi connectivity index (χ0) is 19.7. The molecule has 4 heterocycles. The number of hydrogen-bond acceptors (Lipinski definition) is 5. The second-order valence-corrected chi connectivity index (χ2v) is 7.26. The first-order valence-corrected chi connectivity index (χ1v) is 9.55. The normalized spacial score (nSPS) is 15.1. The summed E-state index contributed by atoms with van der Waals surface area (Å²) in [4.78, 5) is 19.2. The lowest BCUT2D eigenvalue weighted by molar-refractivity contribution is -0.910. The highest BCUT2D eigenvalue weighted by molar-refractivity contribution is 5.76. The molecule has 1 aliphatic heterocycles. The Hall–Kier alpha value is -3.02. The largest absolute Gasteiger partial charge is 0.370 e. The fourth-order valence-corrected chi connectivity index (χ4v) is 3.77. The number of morpholine rings is 1. The highest BCUT2D eigenvalue weighted by Gasteiger charge is 2.22. The SMILES string of the molecule is Cc1ccc2nc3c(cc(C#N)c(N)[n+]3CCC[NH+]3CCOCC3)c(=O)n2c1. The number of anilines is 1. The number of ether oxygens (including phenoxy) is 1. The van der Waals surface area contributed by atoms with Crippen molar-refractivity contribution < 1.29 is 14.2 Å². The van der Waals surface area contributed by atoms with E-state index in [9.17, 15) is 10.1 Å². The number of pyridine rings is 2. The van der Waals surface area contributed by atoms with Crippen molar-refractivity contribution in [3.63, 3.8) is 0 Å². The van der Waals surface area contributed by atoms with Gasteiger partial charge in [0.25, 0.3) is 11.2 Å². The molecule has 3 N–H and O–H groups in total. The highest BCUT2D eigenvalue weighted by atomic mass is 16.5. The van der Waals surface area contributed by atoms with E-state index < -0.39 is 0 Å². The maximum absolute atomic E-state index is 13.0. The molecule has 0 amide bonds. The fourth-order valence-electron chi connectivity index (χ4n) is 3.77. The molecule has 0 spiro atoms. The Balaban J connectivity index is 1.78. The van der Waals surface area contributed by atoms with Gasteiger partial charge in [-0.2, -0.15) is 5.26 Å². The van der Waals surface area contributed by atoms with E-state index in [-0.39, 0.29) is 5.56 Å². The molecule has 8 heteroatoms. The van der Waals surface area contributed by atoms with Gasteiger partial charge >= 0.3 is 0 Å². The number of nitrogens with zero attached hydrogens (tertiary/aromatic N) is 4. The van der Waals surface area contributed by atoms with Crippen molar-refractivity contribution in [2.45, 2.75) is 19.9 Å². The van der Waals surface area contributed by atoms with Crippen LogP contribution in [0.1, 0.15) is 17.5 Å². The van der Waals surface area contributed by atoms with Gasteiger partial charge < -0.3 is 15.4 Å². The molecule has 1 aliphatic rings. The predicted octanol–water partition coefficient (Wildman–Crippen LogP) is -0.797. The van der Waals surface area contributed by atoms with Gasteiger partial charge in [0.2, 0.25) is 11.5 Å². The summed E-state index contributed by atoms with van der Waals surface area (Å²) in [6.45, 7) is 7.11. The topological polar surface area (TPSA) is 102 Å². The Kier molecular flexibility index (Phi) is 4.94. The minimum absolute atomic E-state index is 0.187. The van der Waals surface area contributed by atoms with Crippen molar-refractivity contribution in [1.82, 2.24) is 9.38 Å². The van der Waals surface area contributed by atoms with Crippen LogP contribution in [0.3, 0.4) is 0 Å². The molecule has 3 aromatic heterocycles. The predicted molar refractivity (Wildman–Crippen MR) is 104 cm³/mol. The molecule has 3 aromatic rings. The quantitative estimate of drug-likeness (QED) is 0.456. The summed E-state index contributed by atoms with van der Waals surface area (Å²) in [5.41, 5.74) is 8.44. The summed E-state index contributed by atoms with van der Waals surface area (Å²) >= 11 is 0. The van der Waals surface area contributed by atoms with Gasteiger partial charge in [-0.05, 0) is 24.6 Å². The van der Waals surface area contributed by atoms with Crippen LogP contribution < -0.4 is 20.8 Å². The first kappa shape index (κ1) is 18.3. The van der Waals surface area contributed by atoms with Gasteiger partial charge in [-0.25, -0.2) is 4.57 Å². The van der Waals surface area contributed by atoms with Crippen LogP contribution >= 0.6 is 0 Å². The third kappa shape index (κ3) is 3.30. The van der Waals surface area contributed by atoms with Crippen molar-refractivity contribution in [3.8, 4) is 6.07 Å². The standard InChI is InChI=1S/C20H22N6O2/c1-14-3-4-17-23-19-16(20(27)26(17)13-14)11-15(12-21)18(22)25(19)6-2-5-24-7-9-28-10-8-24/h3-4,11,13,22H,2,5-10H2,1H3/p+2. The van der Waals surface area contributed by atoms with Crippen LogP contribution in [0.2, 0.25) is 0 Å². The Morgan fingerprint density at radius 3 is 2.93 bits per heavy atom. The summed E-state index contributed by atoms with van der Waals surface area (Å²) in [6.07, 6.45) is 2.64. The lowest BCUT2D eigenvalue weighted by Gasteiger charge is -2.23. The van der Waals surface area contributed by atoms with Crippen molar-refractivity contribution in [3.05, 3.63) is 45.9 Å². The van der Waals surface area contributed by atoms with Crippen LogP contribution in [0.15, 0.2) is 29.2 Å². The Morgan fingerprint density at radius 2 is 2.18 bits per heavy atom. The van der Waals surface area contributed by atoms with Crippen molar-refractivity contribution in [2.24, 2.45) is 0 Å². The third-order valence-corrected chi connectivity index (χ3v) is 5.33. The second-order valence-electron chi connectivity index (χ2n) is 7.26. The average molecular weight is 380 g/mol. The van der Waals surface area contributed by atoms with Gasteiger partial charge in [-0.15, -0.1) is 0 Å². The maximum Gasteiger partial charge on any atom is 0.278 e. The molecule has 4 rings (SSSR count). The summed E-state index contributed by atoms with van der Waals surface area (Å²) in [5, 5.41) is 9.90. The molecule has 1 saturated heterocycles. The number of fused-ring (bicyclic) bond motifs is 2. The molecule has 0 aliphatic carbocycles. The van der Waals surface area contributed by atoms with Gasteiger partial charge in [0.1, 0.15) is 30.1 Å². The van der Waals surface area contributed by atoms with Gasteiger partial charge in [-0.3, -0.25) is 9.20 Å². The van der Waals surface area contributed by atoms with Crippen LogP contribution in [-0.2, 0) is 11.3 Å². The van der Waals surface area contributed by atoms with Gasteiger partial charge in [0, 0.05) is 12.6 Å². The van der Waals surface area contributed by atoms with E-state index in [0.717, 1.165) is 44.8 Å². The number of hydrogen-bond donors (Lipinski definition) is 2. The van der Waals surface area contributed by atoms with Gasteiger partial charge in [0.05, 0.1) is 26.3 Å². The van der Waals surface area contributed by atoms with E-state index in [1.807, 2.05) is 23.6 Å². The van der Waals surface area contributed by atoms with Crippen molar-refractivity contribution >= 4 is 22.5 Å². The molecule has 0 atom stereocenters. The number of nitrogen functional groups attached to an aromatic ring is 1. The molecular weight excluding hydrogens is 356 g/mol. The molecular formula is C20H24N6O2+2. The molecule has 0 radical (unpaired) electrons. The molecule has 28 heavy (non-hydrogen) atoms. The Labute approximate surface area is 162 Å². The van der Waals surface area contributed by atoms with E-state index in [1.165, 1.54) is 9.30 Å². The minimum atomic E-state index is -0.187. The molecule has 0 aromatic carbocycles. The number of nitrogens with two attached hydrogens (primary N) is 1. The average Bonchev–Trinajstić information content (AvgIpc) is 2.71. The number of aryl methyl sites for hydroxylation is 2. The van der Waals surface area contributed by atoms with E-state index in [1.54, 1.807) is 12.3 Å². The van der Waals surface area contributed by atoms with Crippen LogP contribution in [0, 0.1) is 18.3 Å². The number of nitrogens with one attached hydrogen (secondary N) is 1. The van der Waals surface area contributed by atoms with Gasteiger partial charge in [-0.1, -0.05) is 11.1 Å². The molecule has 0 unspecified atom stereocenters. The fraction of sp³-hybridized carbons (Fsp3) is 0.400. The third-order valence-electron chi connectivity index (χ3n) is 5.33. The Morgan fingerprint density at radius 1 is 1.39 bits per heavy atom. The Bertz CT molecular complexity index is 1140. The highest BCUT2D eigenvalue weighted by Crippen LogP contribution is 2.14. The lowest BCUT2D eigenvalue weighted by atomic mass is 10.2. The van der Waals surface area contributed by atoms with Gasteiger partial charge in [0.15, 0.2) is 0 Å². The smallest absolute Gasteiger partial charge is 0.278 e. The zero-order valence-electron chi connectivity index (χ0n) is 15.9. The van der Waals surface area contributed by atoms with Crippen LogP contribution in [0.4, 0.5) is 5.82 Å². The zero-order valence-corrected chi connectivity index (χ0v) is 15.9. The number of quaternary nitrogens is 1. The number of aromatic nitrogens is 3. The van der Waals surface area contributed by atoms with E-state index in [2.05, 4.69) is 6.07 Å². The first-order valence-electron chi connectivity index (χ1n) is 9.55. The van der Waals surface area contributed by atoms with Crippen LogP contribution in [0.5, 0.6) is 0 Å². The van der Waals surface area contributed by atoms with Crippen molar-refractivity contribution in [2.75, 3.05) is 38.6 Å². The molecule has 8 nitrogen and oxygen atoms in total. The van der Waals surface area contributed by atoms with Crippen LogP contribution in [-0.4, -0.2) is 42.2 Å². The lowest BCUT2D eigenvalue weighted by Crippen LogP contribution is -3.14. The van der Waals surface area contributed by atoms with E-state index in [0.29, 0.717) is 34.6 Å². The van der Waals surface area contributed by atoms with Crippen LogP contribution in [0.25, 0.3) is 16.7 Å². The molecule has 144 valence electrons. The number of rotatable bonds is 4. The summed E-state index contributed by atoms with van der Waals surface area (Å²) in [7, 11) is 0. The molecule has 0 bridgehead atoms. The summed E-state index contributed by atoms with van der Waals surface area (Å²) < 4.78 is 8.74. The second kappa shape index (κ2) is 7.54. The minimum Gasteiger partial charge on any atom is -0.370 e. The first-order chi connectivity index (χ1) is 13.6. The van der Waals surface area contributed by atoms with Crippen molar-refractivity contribution in [1.29, 1.82) is 5.26 Å². The van der Waals surface area contributed by atoms with E-state index in [4.69, 9.17) is 15.5 Å². The summed E-state index contributed by atoms with van der Waals surface area (Å²) in [5.74, 6) is 0.357.